The number of hydrogen-bond donors (Lipinski definition) is 0. The van der Waals surface area contributed by atoms with E-state index in [9.17, 15) is 0 Å². The van der Waals surface area contributed by atoms with E-state index in [1.807, 2.05) is 13.8 Å². The zero-order valence-corrected chi connectivity index (χ0v) is 9.07. The molecule has 0 spiro atoms. The zero-order chi connectivity index (χ0) is 9.30. The molecule has 0 bridgehead atoms. The van der Waals surface area contributed by atoms with E-state index in [2.05, 4.69) is 21.0 Å². The summed E-state index contributed by atoms with van der Waals surface area (Å²) in [7, 11) is 0. The Bertz CT molecular complexity index is 336. The van der Waals surface area contributed by atoms with Gasteiger partial charge in [0, 0.05) is 10.2 Å². The maximum Gasteiger partial charge on any atom is 0.0581 e. The summed E-state index contributed by atoms with van der Waals surface area (Å²) in [6.45, 7) is 3.70. The van der Waals surface area contributed by atoms with Gasteiger partial charge in [-0.15, -0.1) is 0 Å². The Labute approximate surface area is 84.6 Å². The Kier molecular flexibility index (Phi) is 2.85. The largest absolute Gasteiger partial charge is 0.706 e. The molecule has 4 heteroatoms. The van der Waals surface area contributed by atoms with Crippen LogP contribution in [0.1, 0.15) is 11.1 Å². The van der Waals surface area contributed by atoms with Crippen LogP contribution in [0.4, 0.5) is 5.69 Å². The molecule has 1 aromatic carbocycles. The number of aryl methyl sites for hydroxylation is 1. The van der Waals surface area contributed by atoms with Crippen LogP contribution in [0.15, 0.2) is 15.7 Å². The van der Waals surface area contributed by atoms with Crippen molar-refractivity contribution in [2.24, 2.45) is 5.11 Å². The van der Waals surface area contributed by atoms with Gasteiger partial charge in [-0.1, -0.05) is 11.6 Å². The van der Waals surface area contributed by atoms with Crippen molar-refractivity contribution in [1.29, 1.82) is 0 Å². The van der Waals surface area contributed by atoms with E-state index in [0.29, 0.717) is 10.7 Å². The van der Waals surface area contributed by atoms with Crippen LogP contribution in [-0.4, -0.2) is 0 Å². The third-order valence-corrected chi connectivity index (χ3v) is 3.42. The predicted molar refractivity (Wildman–Crippen MR) is 54.1 cm³/mol. The molecule has 2 nitrogen and oxygen atoms in total. The molecule has 12 heavy (non-hydrogen) atoms. The van der Waals surface area contributed by atoms with E-state index in [1.165, 1.54) is 0 Å². The summed E-state index contributed by atoms with van der Waals surface area (Å²) in [6, 6.07) is 1.74. The Morgan fingerprint density at radius 3 is 2.58 bits per heavy atom. The molecule has 0 amide bonds. The molecule has 0 aliphatic heterocycles. The van der Waals surface area contributed by atoms with Crippen molar-refractivity contribution < 1.29 is 0 Å². The first-order valence-electron chi connectivity index (χ1n) is 3.38. The van der Waals surface area contributed by atoms with E-state index < -0.39 is 0 Å². The van der Waals surface area contributed by atoms with Crippen LogP contribution < -0.4 is 0 Å². The van der Waals surface area contributed by atoms with Gasteiger partial charge in [-0.05, 0) is 47.0 Å². The van der Waals surface area contributed by atoms with Gasteiger partial charge in [0.25, 0.3) is 0 Å². The molecule has 0 heterocycles. The van der Waals surface area contributed by atoms with Crippen LogP contribution in [-0.2, 0) is 0 Å². The second kappa shape index (κ2) is 3.54. The lowest BCUT2D eigenvalue weighted by atomic mass is 10.1. The van der Waals surface area contributed by atoms with E-state index in [1.54, 1.807) is 6.07 Å². The van der Waals surface area contributed by atoms with E-state index >= 15 is 0 Å². The fourth-order valence-corrected chi connectivity index (χ4v) is 1.64. The smallest absolute Gasteiger partial charge is 0.0581 e. The van der Waals surface area contributed by atoms with E-state index in [-0.39, 0.29) is 0 Å². The second-order valence-corrected chi connectivity index (χ2v) is 3.74. The third kappa shape index (κ3) is 1.52. The fraction of sp³-hybridized carbons (Fsp3) is 0.250. The number of rotatable bonds is 1. The molecule has 1 aromatic rings. The molecular formula is C8H7BrClN2-. The van der Waals surface area contributed by atoms with E-state index in [0.717, 1.165) is 15.6 Å². The summed E-state index contributed by atoms with van der Waals surface area (Å²) in [4.78, 5) is 0. The normalized spacial score (nSPS) is 10.0. The van der Waals surface area contributed by atoms with Crippen LogP contribution in [0.5, 0.6) is 0 Å². The SMILES string of the molecule is Cc1cc(N=[N-])c(C)c(Br)c1Cl. The van der Waals surface area contributed by atoms with Gasteiger partial charge in [-0.25, -0.2) is 0 Å². The van der Waals surface area contributed by atoms with E-state index in [4.69, 9.17) is 17.1 Å². The standard InChI is InChI=1S/C8H7BrClN2/c1-4-3-6(12-11)5(2)7(9)8(4)10/h3H,1-2H3/q-1. The summed E-state index contributed by atoms with van der Waals surface area (Å²) in [6.07, 6.45) is 0. The van der Waals surface area contributed by atoms with Crippen molar-refractivity contribution in [3.05, 3.63) is 32.2 Å². The van der Waals surface area contributed by atoms with Crippen molar-refractivity contribution in [3.8, 4) is 0 Å². The van der Waals surface area contributed by atoms with Crippen molar-refractivity contribution in [2.45, 2.75) is 13.8 Å². The third-order valence-electron chi connectivity index (χ3n) is 1.71. The molecule has 0 aliphatic rings. The van der Waals surface area contributed by atoms with Crippen LogP contribution in [0, 0.1) is 13.8 Å². The molecular weight excluding hydrogens is 239 g/mol. The van der Waals surface area contributed by atoms with Gasteiger partial charge in [0.05, 0.1) is 5.02 Å². The summed E-state index contributed by atoms with van der Waals surface area (Å²) in [5, 5.41) is 3.81. The molecule has 0 radical (unpaired) electrons. The highest BCUT2D eigenvalue weighted by Crippen LogP contribution is 2.35. The quantitative estimate of drug-likeness (QED) is 0.660. The molecule has 1 rings (SSSR count). The Hall–Kier alpha value is -0.410. The lowest BCUT2D eigenvalue weighted by Crippen LogP contribution is -1.82. The van der Waals surface area contributed by atoms with Gasteiger partial charge >= 0.3 is 0 Å². The van der Waals surface area contributed by atoms with Crippen LogP contribution in [0.25, 0.3) is 5.53 Å². The van der Waals surface area contributed by atoms with Crippen molar-refractivity contribution in [2.75, 3.05) is 0 Å². The molecule has 0 saturated heterocycles. The molecule has 0 unspecified atom stereocenters. The average Bonchev–Trinajstić information content (AvgIpc) is 2.08. The Morgan fingerprint density at radius 2 is 2.08 bits per heavy atom. The highest BCUT2D eigenvalue weighted by molar-refractivity contribution is 9.10. The predicted octanol–water partition coefficient (Wildman–Crippen LogP) is 4.37. The first-order valence-corrected chi connectivity index (χ1v) is 4.55. The van der Waals surface area contributed by atoms with Crippen LogP contribution >= 0.6 is 27.5 Å². The zero-order valence-electron chi connectivity index (χ0n) is 6.73. The monoisotopic (exact) mass is 245 g/mol. The van der Waals surface area contributed by atoms with Crippen LogP contribution in [0.2, 0.25) is 5.02 Å². The average molecular weight is 247 g/mol. The van der Waals surface area contributed by atoms with Gasteiger partial charge in [0.1, 0.15) is 0 Å². The highest BCUT2D eigenvalue weighted by atomic mass is 79.9. The molecule has 0 atom stereocenters. The summed E-state index contributed by atoms with van der Waals surface area (Å²) < 4.78 is 0.789. The molecule has 0 saturated carbocycles. The molecule has 0 N–H and O–H groups in total. The molecule has 0 aliphatic carbocycles. The number of benzene rings is 1. The maximum atomic E-state index is 8.62. The molecule has 64 valence electrons. The van der Waals surface area contributed by atoms with Gasteiger partial charge in [-0.2, -0.15) is 0 Å². The van der Waals surface area contributed by atoms with Gasteiger partial charge in [0.2, 0.25) is 0 Å². The summed E-state index contributed by atoms with van der Waals surface area (Å²) in [5.74, 6) is 0. The molecule has 0 fully saturated rings. The van der Waals surface area contributed by atoms with Gasteiger partial charge in [-0.3, -0.25) is 0 Å². The number of halogens is 2. The van der Waals surface area contributed by atoms with Crippen molar-refractivity contribution in [3.63, 3.8) is 0 Å². The lowest BCUT2D eigenvalue weighted by Gasteiger charge is -2.09. The highest BCUT2D eigenvalue weighted by Gasteiger charge is 2.07. The minimum Gasteiger partial charge on any atom is -0.706 e. The van der Waals surface area contributed by atoms with Gasteiger partial charge < -0.3 is 10.6 Å². The minimum absolute atomic E-state index is 0.545. The van der Waals surface area contributed by atoms with Gasteiger partial charge in [0.15, 0.2) is 0 Å². The topological polar surface area (TPSA) is 34.7 Å². The second-order valence-electron chi connectivity index (χ2n) is 2.57. The number of hydrogen-bond acceptors (Lipinski definition) is 1. The summed E-state index contributed by atoms with van der Waals surface area (Å²) >= 11 is 9.26. The van der Waals surface area contributed by atoms with Crippen molar-refractivity contribution in [1.82, 2.24) is 0 Å². The number of nitrogens with zero attached hydrogens (tertiary/aromatic N) is 2. The first kappa shape index (κ1) is 9.68. The Balaban J connectivity index is 3.49. The maximum absolute atomic E-state index is 8.62. The fourth-order valence-electron chi connectivity index (χ4n) is 0.931. The minimum atomic E-state index is 0.545. The Morgan fingerprint density at radius 1 is 1.50 bits per heavy atom. The first-order chi connectivity index (χ1) is 5.57. The lowest BCUT2D eigenvalue weighted by molar-refractivity contribution is 1.32. The molecule has 0 aromatic heterocycles. The summed E-state index contributed by atoms with van der Waals surface area (Å²) in [5.41, 5.74) is 10.9. The van der Waals surface area contributed by atoms with Crippen molar-refractivity contribution >= 4 is 33.2 Å². The van der Waals surface area contributed by atoms with Crippen LogP contribution in [0.3, 0.4) is 0 Å².